The lowest BCUT2D eigenvalue weighted by Crippen LogP contribution is -2.31. The number of benzene rings is 2. The topological polar surface area (TPSA) is 58.1 Å². The third-order valence-electron chi connectivity index (χ3n) is 4.53. The van der Waals surface area contributed by atoms with Crippen LogP contribution in [0.3, 0.4) is 0 Å². The molecule has 0 radical (unpaired) electrons. The Hall–Kier alpha value is -3.21. The molecule has 3 aromatic rings. The van der Waals surface area contributed by atoms with Crippen molar-refractivity contribution in [3.63, 3.8) is 0 Å². The van der Waals surface area contributed by atoms with Crippen molar-refractivity contribution in [3.05, 3.63) is 89.4 Å². The van der Waals surface area contributed by atoms with Crippen molar-refractivity contribution in [2.75, 3.05) is 4.90 Å². The average Bonchev–Trinajstić information content (AvgIpc) is 2.71. The summed E-state index contributed by atoms with van der Waals surface area (Å²) in [6.45, 7) is 7.46. The molecule has 0 aliphatic heterocycles. The van der Waals surface area contributed by atoms with Gasteiger partial charge in [0.15, 0.2) is 0 Å². The molecule has 0 atom stereocenters. The molecule has 5 nitrogen and oxygen atoms in total. The monoisotopic (exact) mass is 374 g/mol. The third kappa shape index (κ3) is 5.16. The lowest BCUT2D eigenvalue weighted by molar-refractivity contribution is 0.0945. The zero-order valence-electron chi connectivity index (χ0n) is 16.6. The largest absolute Gasteiger partial charge is 0.350 e. The van der Waals surface area contributed by atoms with Gasteiger partial charge in [-0.15, -0.1) is 0 Å². The number of hydrogen-bond acceptors (Lipinski definition) is 4. The second-order valence-electron chi connectivity index (χ2n) is 7.14. The van der Waals surface area contributed by atoms with Gasteiger partial charge < -0.3 is 10.2 Å². The van der Waals surface area contributed by atoms with Crippen molar-refractivity contribution in [2.45, 2.75) is 39.9 Å². The van der Waals surface area contributed by atoms with E-state index in [4.69, 9.17) is 0 Å². The van der Waals surface area contributed by atoms with Gasteiger partial charge in [0, 0.05) is 25.2 Å². The Balaban J connectivity index is 1.73. The lowest BCUT2D eigenvalue weighted by Gasteiger charge is -2.28. The number of aromatic nitrogens is 2. The predicted octanol–water partition coefficient (Wildman–Crippen LogP) is 4.13. The smallest absolute Gasteiger partial charge is 0.270 e. The minimum atomic E-state index is -0.200. The second-order valence-corrected chi connectivity index (χ2v) is 7.14. The first-order valence-electron chi connectivity index (χ1n) is 9.49. The number of hydrogen-bond donors (Lipinski definition) is 1. The molecule has 1 aromatic heterocycles. The highest BCUT2D eigenvalue weighted by Crippen LogP contribution is 2.18. The summed E-state index contributed by atoms with van der Waals surface area (Å²) in [6, 6.07) is 20.3. The first-order chi connectivity index (χ1) is 13.5. The van der Waals surface area contributed by atoms with Gasteiger partial charge in [0.05, 0.1) is 0 Å². The van der Waals surface area contributed by atoms with Crippen LogP contribution in [0.2, 0.25) is 0 Å². The Bertz CT molecular complexity index is 925. The summed E-state index contributed by atoms with van der Waals surface area (Å²) >= 11 is 0. The van der Waals surface area contributed by atoms with E-state index in [-0.39, 0.29) is 11.9 Å². The molecule has 1 amide bonds. The van der Waals surface area contributed by atoms with Gasteiger partial charge in [-0.25, -0.2) is 9.97 Å². The second kappa shape index (κ2) is 9.13. The van der Waals surface area contributed by atoms with E-state index in [1.54, 1.807) is 6.07 Å². The van der Waals surface area contributed by atoms with E-state index in [1.165, 1.54) is 17.5 Å². The van der Waals surface area contributed by atoms with Crippen molar-refractivity contribution in [1.82, 2.24) is 15.3 Å². The van der Waals surface area contributed by atoms with Gasteiger partial charge in [-0.3, -0.25) is 4.79 Å². The number of anilines is 1. The average molecular weight is 374 g/mol. The summed E-state index contributed by atoms with van der Waals surface area (Å²) in [5, 5.41) is 2.94. The SMILES string of the molecule is Cc1cccc(CNC(=O)c2cc(N(Cc3ccccc3)C(C)C)ncn2)c1. The van der Waals surface area contributed by atoms with Crippen LogP contribution in [-0.4, -0.2) is 21.9 Å². The molecule has 3 rings (SSSR count). The van der Waals surface area contributed by atoms with Crippen LogP contribution in [0.25, 0.3) is 0 Å². The maximum absolute atomic E-state index is 12.6. The van der Waals surface area contributed by atoms with Crippen LogP contribution in [0.5, 0.6) is 0 Å². The van der Waals surface area contributed by atoms with Gasteiger partial charge >= 0.3 is 0 Å². The van der Waals surface area contributed by atoms with E-state index >= 15 is 0 Å². The Labute approximate surface area is 166 Å². The summed E-state index contributed by atoms with van der Waals surface area (Å²) in [5.74, 6) is 0.545. The van der Waals surface area contributed by atoms with Gasteiger partial charge in [-0.05, 0) is 31.9 Å². The first kappa shape index (κ1) is 19.5. The van der Waals surface area contributed by atoms with Crippen LogP contribution in [-0.2, 0) is 13.1 Å². The standard InChI is InChI=1S/C23H26N4O/c1-17(2)27(15-19-9-5-4-6-10-19)22-13-21(25-16-26-22)23(28)24-14-20-11-7-8-18(3)12-20/h4-13,16-17H,14-15H2,1-3H3,(H,24,28). The van der Waals surface area contributed by atoms with E-state index in [9.17, 15) is 4.79 Å². The lowest BCUT2D eigenvalue weighted by atomic mass is 10.1. The van der Waals surface area contributed by atoms with Crippen molar-refractivity contribution in [1.29, 1.82) is 0 Å². The van der Waals surface area contributed by atoms with E-state index in [1.807, 2.05) is 43.3 Å². The number of carbonyl (C=O) groups excluding carboxylic acids is 1. The summed E-state index contributed by atoms with van der Waals surface area (Å²) in [7, 11) is 0. The fraction of sp³-hybridized carbons (Fsp3) is 0.261. The number of amides is 1. The van der Waals surface area contributed by atoms with Gasteiger partial charge in [-0.1, -0.05) is 60.2 Å². The minimum absolute atomic E-state index is 0.200. The molecular weight excluding hydrogens is 348 g/mol. The van der Waals surface area contributed by atoms with E-state index in [0.29, 0.717) is 12.2 Å². The molecule has 0 fully saturated rings. The maximum atomic E-state index is 12.6. The summed E-state index contributed by atoms with van der Waals surface area (Å²) in [4.78, 5) is 23.3. The Morgan fingerprint density at radius 2 is 1.75 bits per heavy atom. The number of aryl methyl sites for hydroxylation is 1. The Morgan fingerprint density at radius 1 is 1.00 bits per heavy atom. The van der Waals surface area contributed by atoms with Crippen LogP contribution < -0.4 is 10.2 Å². The zero-order valence-corrected chi connectivity index (χ0v) is 16.6. The molecule has 0 saturated heterocycles. The predicted molar refractivity (Wildman–Crippen MR) is 112 cm³/mol. The molecule has 144 valence electrons. The van der Waals surface area contributed by atoms with Gasteiger partial charge in [-0.2, -0.15) is 0 Å². The van der Waals surface area contributed by atoms with Gasteiger partial charge in [0.2, 0.25) is 0 Å². The highest BCUT2D eigenvalue weighted by atomic mass is 16.1. The molecule has 0 aliphatic carbocycles. The molecule has 5 heteroatoms. The number of rotatable bonds is 7. The molecule has 0 saturated carbocycles. The van der Waals surface area contributed by atoms with Crippen molar-refractivity contribution in [2.24, 2.45) is 0 Å². The Kier molecular flexibility index (Phi) is 6.37. The van der Waals surface area contributed by atoms with Crippen LogP contribution >= 0.6 is 0 Å². The van der Waals surface area contributed by atoms with Crippen molar-refractivity contribution < 1.29 is 4.79 Å². The van der Waals surface area contributed by atoms with Crippen LogP contribution in [0.4, 0.5) is 5.82 Å². The number of carbonyl (C=O) groups is 1. The summed E-state index contributed by atoms with van der Waals surface area (Å²) in [5.41, 5.74) is 3.80. The van der Waals surface area contributed by atoms with Crippen LogP contribution in [0.15, 0.2) is 67.0 Å². The van der Waals surface area contributed by atoms with Crippen molar-refractivity contribution >= 4 is 11.7 Å². The quantitative estimate of drug-likeness (QED) is 0.676. The van der Waals surface area contributed by atoms with Gasteiger partial charge in [0.1, 0.15) is 17.8 Å². The fourth-order valence-electron chi connectivity index (χ4n) is 3.03. The molecule has 2 aromatic carbocycles. The molecule has 0 bridgehead atoms. The van der Waals surface area contributed by atoms with Crippen LogP contribution in [0, 0.1) is 6.92 Å². The molecule has 0 aliphatic rings. The Morgan fingerprint density at radius 3 is 2.46 bits per heavy atom. The van der Waals surface area contributed by atoms with Crippen LogP contribution in [0.1, 0.15) is 41.0 Å². The van der Waals surface area contributed by atoms with E-state index in [2.05, 4.69) is 52.2 Å². The molecule has 1 heterocycles. The highest BCUT2D eigenvalue weighted by molar-refractivity contribution is 5.92. The number of nitrogens with one attached hydrogen (secondary N) is 1. The van der Waals surface area contributed by atoms with E-state index < -0.39 is 0 Å². The molecule has 28 heavy (non-hydrogen) atoms. The molecule has 0 spiro atoms. The molecule has 1 N–H and O–H groups in total. The van der Waals surface area contributed by atoms with Gasteiger partial charge in [0.25, 0.3) is 5.91 Å². The number of nitrogens with zero attached hydrogens (tertiary/aromatic N) is 3. The summed E-state index contributed by atoms with van der Waals surface area (Å²) < 4.78 is 0. The fourth-order valence-corrected chi connectivity index (χ4v) is 3.03. The maximum Gasteiger partial charge on any atom is 0.270 e. The molecule has 0 unspecified atom stereocenters. The first-order valence-corrected chi connectivity index (χ1v) is 9.49. The summed E-state index contributed by atoms with van der Waals surface area (Å²) in [6.07, 6.45) is 1.46. The highest BCUT2D eigenvalue weighted by Gasteiger charge is 2.16. The normalized spacial score (nSPS) is 10.7. The third-order valence-corrected chi connectivity index (χ3v) is 4.53. The minimum Gasteiger partial charge on any atom is -0.350 e. The molecular formula is C23H26N4O. The zero-order chi connectivity index (χ0) is 19.9. The van der Waals surface area contributed by atoms with Crippen molar-refractivity contribution in [3.8, 4) is 0 Å². The van der Waals surface area contributed by atoms with E-state index in [0.717, 1.165) is 17.9 Å².